The molecule has 1 unspecified atom stereocenters. The lowest BCUT2D eigenvalue weighted by Gasteiger charge is -2.38. The van der Waals surface area contributed by atoms with Crippen LogP contribution in [0.1, 0.15) is 28.2 Å². The van der Waals surface area contributed by atoms with E-state index >= 15 is 0 Å². The van der Waals surface area contributed by atoms with E-state index in [-0.39, 0.29) is 5.91 Å². The van der Waals surface area contributed by atoms with E-state index in [0.717, 1.165) is 19.4 Å². The van der Waals surface area contributed by atoms with Crippen LogP contribution in [0.15, 0.2) is 42.5 Å². The second-order valence-corrected chi connectivity index (χ2v) is 8.15. The van der Waals surface area contributed by atoms with Gasteiger partial charge in [-0.1, -0.05) is 30.3 Å². The summed E-state index contributed by atoms with van der Waals surface area (Å²) in [5.74, 6) is -0.135. The number of aryl methyl sites for hydroxylation is 1. The zero-order chi connectivity index (χ0) is 17.7. The van der Waals surface area contributed by atoms with E-state index < -0.39 is 5.60 Å². The molecule has 0 spiro atoms. The van der Waals surface area contributed by atoms with Gasteiger partial charge in [-0.25, -0.2) is 0 Å². The van der Waals surface area contributed by atoms with Gasteiger partial charge in [-0.05, 0) is 43.9 Å². The number of nitrogens with zero attached hydrogens (tertiary/aromatic N) is 1. The second-order valence-electron chi connectivity index (χ2n) is 6.78. The molecule has 1 aliphatic rings. The highest BCUT2D eigenvalue weighted by Gasteiger charge is 2.41. The predicted octanol–water partition coefficient (Wildman–Crippen LogP) is 2.74. The van der Waals surface area contributed by atoms with Crippen LogP contribution in [-0.2, 0) is 17.8 Å². The van der Waals surface area contributed by atoms with Crippen LogP contribution in [0.4, 0.5) is 0 Å². The Morgan fingerprint density at radius 2 is 2.04 bits per heavy atom. The molecular weight excluding hydrogens is 332 g/mol. The molecule has 4 nitrogen and oxygen atoms in total. The van der Waals surface area contributed by atoms with Gasteiger partial charge in [0.05, 0.1) is 0 Å². The van der Waals surface area contributed by atoms with E-state index in [1.807, 2.05) is 23.1 Å². The molecule has 1 aromatic heterocycles. The topological polar surface area (TPSA) is 52.6 Å². The van der Waals surface area contributed by atoms with Gasteiger partial charge in [-0.2, -0.15) is 0 Å². The molecule has 0 bridgehead atoms. The fraction of sp³-hybridized carbons (Fsp3) is 0.450. The SMILES string of the molecule is Cc1ccc(CNCC2(O)CCCN(CCc3ccccc3)C2=O)s1. The maximum Gasteiger partial charge on any atom is 0.255 e. The predicted molar refractivity (Wildman–Crippen MR) is 102 cm³/mol. The Bertz CT molecular complexity index is 701. The normalized spacial score (nSPS) is 20.9. The Morgan fingerprint density at radius 1 is 1.24 bits per heavy atom. The minimum Gasteiger partial charge on any atom is -0.379 e. The number of aliphatic hydroxyl groups is 1. The van der Waals surface area contributed by atoms with Gasteiger partial charge in [0.25, 0.3) is 5.91 Å². The standard InChI is InChI=1S/C20H26N2O2S/c1-16-8-9-18(25-16)14-21-15-20(24)11-5-12-22(19(20)23)13-10-17-6-3-2-4-7-17/h2-4,6-9,21,24H,5,10-15H2,1H3. The molecule has 2 aromatic rings. The van der Waals surface area contributed by atoms with Crippen LogP contribution in [-0.4, -0.2) is 41.1 Å². The van der Waals surface area contributed by atoms with Crippen molar-refractivity contribution in [2.24, 2.45) is 0 Å². The Balaban J connectivity index is 1.52. The number of nitrogens with one attached hydrogen (secondary N) is 1. The Kier molecular flexibility index (Phi) is 5.89. The number of carbonyl (C=O) groups is 1. The summed E-state index contributed by atoms with van der Waals surface area (Å²) < 4.78 is 0. The van der Waals surface area contributed by atoms with Crippen LogP contribution in [0.25, 0.3) is 0 Å². The lowest BCUT2D eigenvalue weighted by molar-refractivity contribution is -0.156. The number of likely N-dealkylation sites (tertiary alicyclic amines) is 1. The average molecular weight is 359 g/mol. The Morgan fingerprint density at radius 3 is 2.76 bits per heavy atom. The average Bonchev–Trinajstić information content (AvgIpc) is 3.03. The van der Waals surface area contributed by atoms with E-state index in [4.69, 9.17) is 0 Å². The number of hydrogen-bond acceptors (Lipinski definition) is 4. The van der Waals surface area contributed by atoms with Gasteiger partial charge < -0.3 is 15.3 Å². The number of carbonyl (C=O) groups excluding carboxylic acids is 1. The van der Waals surface area contributed by atoms with Crippen LogP contribution in [0.5, 0.6) is 0 Å². The van der Waals surface area contributed by atoms with Crippen LogP contribution < -0.4 is 5.32 Å². The fourth-order valence-electron chi connectivity index (χ4n) is 3.32. The van der Waals surface area contributed by atoms with Crippen LogP contribution >= 0.6 is 11.3 Å². The van der Waals surface area contributed by atoms with Crippen LogP contribution in [0.3, 0.4) is 0 Å². The number of hydrogen-bond donors (Lipinski definition) is 2. The summed E-state index contributed by atoms with van der Waals surface area (Å²) in [4.78, 5) is 17.1. The van der Waals surface area contributed by atoms with Crippen molar-refractivity contribution in [3.05, 3.63) is 57.8 Å². The first kappa shape index (κ1) is 18.1. The van der Waals surface area contributed by atoms with E-state index in [9.17, 15) is 9.90 Å². The molecule has 5 heteroatoms. The first-order valence-corrected chi connectivity index (χ1v) is 9.70. The van der Waals surface area contributed by atoms with Crippen molar-refractivity contribution in [3.63, 3.8) is 0 Å². The van der Waals surface area contributed by atoms with Gasteiger partial charge in [0.15, 0.2) is 5.60 Å². The van der Waals surface area contributed by atoms with Crippen molar-refractivity contribution >= 4 is 17.2 Å². The molecule has 2 heterocycles. The molecule has 0 radical (unpaired) electrons. The molecule has 0 aliphatic carbocycles. The van der Waals surface area contributed by atoms with Gasteiger partial charge >= 0.3 is 0 Å². The van der Waals surface area contributed by atoms with Crippen molar-refractivity contribution in [2.45, 2.75) is 38.3 Å². The number of thiophene rings is 1. The summed E-state index contributed by atoms with van der Waals surface area (Å²) in [6, 6.07) is 14.4. The third-order valence-electron chi connectivity index (χ3n) is 4.73. The van der Waals surface area contributed by atoms with Crippen LogP contribution in [0.2, 0.25) is 0 Å². The lowest BCUT2D eigenvalue weighted by atomic mass is 9.91. The summed E-state index contributed by atoms with van der Waals surface area (Å²) in [6.07, 6.45) is 2.20. The van der Waals surface area contributed by atoms with Gasteiger partial charge in [-0.15, -0.1) is 11.3 Å². The van der Waals surface area contributed by atoms with E-state index in [1.54, 1.807) is 11.3 Å². The van der Waals surface area contributed by atoms with Crippen molar-refractivity contribution in [3.8, 4) is 0 Å². The van der Waals surface area contributed by atoms with Crippen LogP contribution in [0, 0.1) is 6.92 Å². The minimum atomic E-state index is -1.28. The molecule has 1 aliphatic heterocycles. The quantitative estimate of drug-likeness (QED) is 0.800. The number of piperidine rings is 1. The highest BCUT2D eigenvalue weighted by atomic mass is 32.1. The summed E-state index contributed by atoms with van der Waals surface area (Å²) in [5, 5.41) is 14.1. The van der Waals surface area contributed by atoms with Crippen molar-refractivity contribution in [1.82, 2.24) is 10.2 Å². The highest BCUT2D eigenvalue weighted by Crippen LogP contribution is 2.23. The van der Waals surface area contributed by atoms with E-state index in [1.165, 1.54) is 15.3 Å². The zero-order valence-corrected chi connectivity index (χ0v) is 15.5. The van der Waals surface area contributed by atoms with Crippen molar-refractivity contribution < 1.29 is 9.90 Å². The molecule has 2 N–H and O–H groups in total. The summed E-state index contributed by atoms with van der Waals surface area (Å²) in [5.41, 5.74) is -0.0584. The first-order chi connectivity index (χ1) is 12.1. The first-order valence-electron chi connectivity index (χ1n) is 8.88. The number of amides is 1. The molecule has 0 saturated carbocycles. The van der Waals surface area contributed by atoms with Crippen molar-refractivity contribution in [1.29, 1.82) is 0 Å². The van der Waals surface area contributed by atoms with Gasteiger partial charge in [0.1, 0.15) is 0 Å². The zero-order valence-electron chi connectivity index (χ0n) is 14.7. The monoisotopic (exact) mass is 358 g/mol. The van der Waals surface area contributed by atoms with Gasteiger partial charge in [0.2, 0.25) is 0 Å². The Labute approximate surface area is 153 Å². The fourth-order valence-corrected chi connectivity index (χ4v) is 4.18. The number of rotatable bonds is 7. The van der Waals surface area contributed by atoms with Crippen molar-refractivity contribution in [2.75, 3.05) is 19.6 Å². The lowest BCUT2D eigenvalue weighted by Crippen LogP contribution is -2.58. The molecule has 1 saturated heterocycles. The highest BCUT2D eigenvalue weighted by molar-refractivity contribution is 7.11. The summed E-state index contributed by atoms with van der Waals surface area (Å²) in [6.45, 7) is 4.48. The third-order valence-corrected chi connectivity index (χ3v) is 5.73. The molecule has 1 fully saturated rings. The molecule has 1 amide bonds. The molecule has 25 heavy (non-hydrogen) atoms. The summed E-state index contributed by atoms with van der Waals surface area (Å²) >= 11 is 1.74. The van der Waals surface area contributed by atoms with Gasteiger partial charge in [0, 0.05) is 35.9 Å². The largest absolute Gasteiger partial charge is 0.379 e. The molecule has 134 valence electrons. The van der Waals surface area contributed by atoms with Gasteiger partial charge in [-0.3, -0.25) is 4.79 Å². The van der Waals surface area contributed by atoms with E-state index in [2.05, 4.69) is 36.5 Å². The molecular formula is C20H26N2O2S. The smallest absolute Gasteiger partial charge is 0.255 e. The Hall–Kier alpha value is -1.69. The molecule has 1 atom stereocenters. The minimum absolute atomic E-state index is 0.135. The van der Waals surface area contributed by atoms with E-state index in [0.29, 0.717) is 26.1 Å². The number of benzene rings is 1. The third kappa shape index (κ3) is 4.69. The maximum atomic E-state index is 12.8. The molecule has 3 rings (SSSR count). The summed E-state index contributed by atoms with van der Waals surface area (Å²) in [7, 11) is 0. The second kappa shape index (κ2) is 8.13. The molecule has 1 aromatic carbocycles. The maximum absolute atomic E-state index is 12.8.